The highest BCUT2D eigenvalue weighted by molar-refractivity contribution is 9.10. The van der Waals surface area contributed by atoms with E-state index in [4.69, 9.17) is 0 Å². The number of hydrogen-bond acceptors (Lipinski definition) is 4. The van der Waals surface area contributed by atoms with E-state index in [1.165, 1.54) is 0 Å². The number of amides is 1. The summed E-state index contributed by atoms with van der Waals surface area (Å²) in [6.45, 7) is 7.96. The Labute approximate surface area is 150 Å². The molecule has 0 aliphatic carbocycles. The molecule has 0 saturated carbocycles. The molecular formula is C18H23BrN4O. The smallest absolute Gasteiger partial charge is 0.252 e. The normalized spacial score (nSPS) is 15.6. The predicted molar refractivity (Wildman–Crippen MR) is 100 cm³/mol. The summed E-state index contributed by atoms with van der Waals surface area (Å²) in [5, 5.41) is 7.29. The third kappa shape index (κ3) is 4.32. The van der Waals surface area contributed by atoms with Crippen LogP contribution in [-0.2, 0) is 0 Å². The lowest BCUT2D eigenvalue weighted by Crippen LogP contribution is -2.44. The molecule has 1 amide bonds. The Bertz CT molecular complexity index is 723. The van der Waals surface area contributed by atoms with E-state index in [2.05, 4.69) is 36.4 Å². The summed E-state index contributed by atoms with van der Waals surface area (Å²) in [7, 11) is 0. The quantitative estimate of drug-likeness (QED) is 0.769. The third-order valence-electron chi connectivity index (χ3n) is 4.29. The Morgan fingerprint density at radius 3 is 2.92 bits per heavy atom. The van der Waals surface area contributed by atoms with Crippen LogP contribution in [0.3, 0.4) is 0 Å². The zero-order chi connectivity index (χ0) is 16.9. The van der Waals surface area contributed by atoms with Crippen LogP contribution in [0, 0.1) is 6.92 Å². The second-order valence-corrected chi connectivity index (χ2v) is 7.09. The van der Waals surface area contributed by atoms with Crippen molar-refractivity contribution in [3.63, 3.8) is 0 Å². The van der Waals surface area contributed by atoms with Crippen LogP contribution < -0.4 is 10.6 Å². The van der Waals surface area contributed by atoms with Gasteiger partial charge in [0.25, 0.3) is 5.91 Å². The molecule has 3 rings (SSSR count). The van der Waals surface area contributed by atoms with E-state index in [-0.39, 0.29) is 5.91 Å². The number of carbonyl (C=O) groups is 1. The molecule has 5 nitrogen and oxygen atoms in total. The Balaban J connectivity index is 1.61. The molecule has 2 aromatic rings. The molecule has 24 heavy (non-hydrogen) atoms. The number of hydrogen-bond donors (Lipinski definition) is 2. The van der Waals surface area contributed by atoms with Crippen LogP contribution in [0.2, 0.25) is 0 Å². The van der Waals surface area contributed by atoms with Crippen LogP contribution >= 0.6 is 15.9 Å². The number of nitrogens with one attached hydrogen (secondary N) is 2. The standard InChI is InChI=1S/C18H23BrN4O/c1-13-11-16(15-4-3-14(19)12-17(15)22-13)18(24)21-5-2-8-23-9-6-20-7-10-23/h3-4,11-12,20H,2,5-10H2,1H3,(H,21,24). The van der Waals surface area contributed by atoms with Crippen molar-refractivity contribution in [2.24, 2.45) is 0 Å². The monoisotopic (exact) mass is 390 g/mol. The Morgan fingerprint density at radius 1 is 1.33 bits per heavy atom. The average molecular weight is 391 g/mol. The SMILES string of the molecule is Cc1cc(C(=O)NCCCN2CCNCC2)c2ccc(Br)cc2n1. The molecular weight excluding hydrogens is 368 g/mol. The largest absolute Gasteiger partial charge is 0.352 e. The van der Waals surface area contributed by atoms with Crippen molar-refractivity contribution in [1.29, 1.82) is 0 Å². The van der Waals surface area contributed by atoms with Crippen molar-refractivity contribution in [3.05, 3.63) is 40.0 Å². The summed E-state index contributed by atoms with van der Waals surface area (Å²) in [4.78, 5) is 19.5. The number of aryl methyl sites for hydroxylation is 1. The molecule has 2 heterocycles. The summed E-state index contributed by atoms with van der Waals surface area (Å²) < 4.78 is 0.968. The molecule has 0 bridgehead atoms. The topological polar surface area (TPSA) is 57.3 Å². The van der Waals surface area contributed by atoms with Crippen molar-refractivity contribution in [3.8, 4) is 0 Å². The first kappa shape index (κ1) is 17.3. The molecule has 0 atom stereocenters. The van der Waals surface area contributed by atoms with E-state index in [9.17, 15) is 4.79 Å². The number of carbonyl (C=O) groups excluding carboxylic acids is 1. The number of nitrogens with zero attached hydrogens (tertiary/aromatic N) is 2. The minimum Gasteiger partial charge on any atom is -0.352 e. The zero-order valence-electron chi connectivity index (χ0n) is 13.9. The number of rotatable bonds is 5. The van der Waals surface area contributed by atoms with Crippen molar-refractivity contribution in [1.82, 2.24) is 20.5 Å². The number of pyridine rings is 1. The number of halogens is 1. The Morgan fingerprint density at radius 2 is 2.12 bits per heavy atom. The predicted octanol–water partition coefficient (Wildman–Crippen LogP) is 2.33. The summed E-state index contributed by atoms with van der Waals surface area (Å²) in [5.74, 6) is -0.0202. The van der Waals surface area contributed by atoms with Gasteiger partial charge in [0.05, 0.1) is 11.1 Å². The van der Waals surface area contributed by atoms with E-state index in [1.807, 2.05) is 31.2 Å². The Hall–Kier alpha value is -1.50. The minimum absolute atomic E-state index is 0.0202. The van der Waals surface area contributed by atoms with E-state index in [1.54, 1.807) is 0 Å². The molecule has 6 heteroatoms. The first-order chi connectivity index (χ1) is 11.6. The van der Waals surface area contributed by atoms with Gasteiger partial charge in [0.1, 0.15) is 0 Å². The fourth-order valence-corrected chi connectivity index (χ4v) is 3.41. The minimum atomic E-state index is -0.0202. The molecule has 0 unspecified atom stereocenters. The van der Waals surface area contributed by atoms with Crippen LogP contribution in [0.1, 0.15) is 22.5 Å². The van der Waals surface area contributed by atoms with Gasteiger partial charge in [-0.1, -0.05) is 22.0 Å². The van der Waals surface area contributed by atoms with Gasteiger partial charge in [-0.05, 0) is 38.1 Å². The molecule has 128 valence electrons. The van der Waals surface area contributed by atoms with Crippen molar-refractivity contribution >= 4 is 32.7 Å². The number of aromatic nitrogens is 1. The molecule has 0 radical (unpaired) electrons. The maximum Gasteiger partial charge on any atom is 0.252 e. The third-order valence-corrected chi connectivity index (χ3v) is 4.78. The zero-order valence-corrected chi connectivity index (χ0v) is 15.5. The molecule has 1 aromatic carbocycles. The van der Waals surface area contributed by atoms with Gasteiger partial charge in [-0.25, -0.2) is 0 Å². The van der Waals surface area contributed by atoms with Crippen LogP contribution in [0.25, 0.3) is 10.9 Å². The maximum atomic E-state index is 12.6. The summed E-state index contributed by atoms with van der Waals surface area (Å²) in [5.41, 5.74) is 2.40. The van der Waals surface area contributed by atoms with Crippen molar-refractivity contribution in [2.45, 2.75) is 13.3 Å². The summed E-state index contributed by atoms with van der Waals surface area (Å²) in [6, 6.07) is 7.70. The highest BCUT2D eigenvalue weighted by atomic mass is 79.9. The number of piperazine rings is 1. The second kappa shape index (κ2) is 8.05. The molecule has 2 N–H and O–H groups in total. The summed E-state index contributed by atoms with van der Waals surface area (Å²) >= 11 is 3.46. The van der Waals surface area contributed by atoms with Crippen LogP contribution in [0.4, 0.5) is 0 Å². The molecule has 1 aliphatic heterocycles. The first-order valence-electron chi connectivity index (χ1n) is 8.42. The molecule has 1 fully saturated rings. The van der Waals surface area contributed by atoms with Crippen LogP contribution in [-0.4, -0.2) is 55.1 Å². The average Bonchev–Trinajstić information content (AvgIpc) is 2.58. The van der Waals surface area contributed by atoms with Gasteiger partial charge in [-0.2, -0.15) is 0 Å². The fraction of sp³-hybridized carbons (Fsp3) is 0.444. The van der Waals surface area contributed by atoms with E-state index in [0.29, 0.717) is 12.1 Å². The van der Waals surface area contributed by atoms with Crippen molar-refractivity contribution in [2.75, 3.05) is 39.3 Å². The number of fused-ring (bicyclic) bond motifs is 1. The van der Waals surface area contributed by atoms with Crippen LogP contribution in [0.15, 0.2) is 28.7 Å². The fourth-order valence-electron chi connectivity index (χ4n) is 3.06. The maximum absolute atomic E-state index is 12.6. The van der Waals surface area contributed by atoms with Gasteiger partial charge < -0.3 is 15.5 Å². The highest BCUT2D eigenvalue weighted by Gasteiger charge is 2.13. The van der Waals surface area contributed by atoms with Crippen LogP contribution in [0.5, 0.6) is 0 Å². The van der Waals surface area contributed by atoms with Gasteiger partial charge in [0, 0.05) is 48.3 Å². The molecule has 1 saturated heterocycles. The van der Waals surface area contributed by atoms with E-state index in [0.717, 1.165) is 60.2 Å². The van der Waals surface area contributed by atoms with Gasteiger partial charge >= 0.3 is 0 Å². The van der Waals surface area contributed by atoms with E-state index >= 15 is 0 Å². The lowest BCUT2D eigenvalue weighted by molar-refractivity contribution is 0.0952. The molecule has 0 spiro atoms. The van der Waals surface area contributed by atoms with Gasteiger partial charge in [0.2, 0.25) is 0 Å². The van der Waals surface area contributed by atoms with Crippen molar-refractivity contribution < 1.29 is 4.79 Å². The lowest BCUT2D eigenvalue weighted by Gasteiger charge is -2.27. The van der Waals surface area contributed by atoms with E-state index < -0.39 is 0 Å². The first-order valence-corrected chi connectivity index (χ1v) is 9.21. The van der Waals surface area contributed by atoms with Gasteiger partial charge in [-0.15, -0.1) is 0 Å². The number of benzene rings is 1. The lowest BCUT2D eigenvalue weighted by atomic mass is 10.1. The second-order valence-electron chi connectivity index (χ2n) is 6.17. The molecule has 1 aromatic heterocycles. The highest BCUT2D eigenvalue weighted by Crippen LogP contribution is 2.22. The Kier molecular flexibility index (Phi) is 5.81. The van der Waals surface area contributed by atoms with Gasteiger partial charge in [-0.3, -0.25) is 9.78 Å². The van der Waals surface area contributed by atoms with Gasteiger partial charge in [0.15, 0.2) is 0 Å². The molecule has 1 aliphatic rings. The summed E-state index contributed by atoms with van der Waals surface area (Å²) in [6.07, 6.45) is 0.972.